The number of halogens is 3. The minimum Gasteiger partial charge on any atom is -0.354 e. The van der Waals surface area contributed by atoms with Gasteiger partial charge in [0.2, 0.25) is 5.91 Å². The largest absolute Gasteiger partial charge is 0.416 e. The van der Waals surface area contributed by atoms with Crippen LogP contribution in [0.15, 0.2) is 18.2 Å². The molecule has 5 nitrogen and oxygen atoms in total. The molecule has 0 saturated carbocycles. The van der Waals surface area contributed by atoms with Crippen LogP contribution in [0, 0.1) is 5.92 Å². The third-order valence-corrected chi connectivity index (χ3v) is 4.62. The van der Waals surface area contributed by atoms with Crippen molar-refractivity contribution in [3.8, 4) is 0 Å². The number of carbonyl (C=O) groups is 2. The smallest absolute Gasteiger partial charge is 0.354 e. The average molecular weight is 385 g/mol. The zero-order chi connectivity index (χ0) is 20.4. The minimum atomic E-state index is -4.50. The van der Waals surface area contributed by atoms with Crippen LogP contribution < -0.4 is 10.6 Å². The van der Waals surface area contributed by atoms with Gasteiger partial charge in [-0.3, -0.25) is 4.79 Å². The van der Waals surface area contributed by atoms with Crippen LogP contribution in [0.25, 0.3) is 0 Å². The highest BCUT2D eigenvalue weighted by Crippen LogP contribution is 2.34. The highest BCUT2D eigenvalue weighted by atomic mass is 19.4. The summed E-state index contributed by atoms with van der Waals surface area (Å²) in [6.07, 6.45) is -3.92. The number of nitrogens with zero attached hydrogens (tertiary/aromatic N) is 1. The molecule has 0 spiro atoms. The Balaban J connectivity index is 2.36. The van der Waals surface area contributed by atoms with Crippen molar-refractivity contribution in [3.63, 3.8) is 0 Å². The van der Waals surface area contributed by atoms with Crippen LogP contribution in [0.1, 0.15) is 51.2 Å². The molecule has 150 valence electrons. The fraction of sp³-hybridized carbons (Fsp3) is 0.579. The SMILES string of the molecule is CC(C)c1ccc(C(F)(F)F)cc1NC(=O)N1CCCNC(=O)C1C(C)C. The molecular formula is C19H26F3N3O2. The van der Waals surface area contributed by atoms with Gasteiger partial charge in [-0.05, 0) is 36.0 Å². The van der Waals surface area contributed by atoms with E-state index in [0.717, 1.165) is 12.1 Å². The highest BCUT2D eigenvalue weighted by molar-refractivity contribution is 5.94. The molecule has 1 unspecified atom stereocenters. The summed E-state index contributed by atoms with van der Waals surface area (Å²) in [6.45, 7) is 8.17. The van der Waals surface area contributed by atoms with Crippen molar-refractivity contribution in [2.45, 2.75) is 52.3 Å². The van der Waals surface area contributed by atoms with Gasteiger partial charge < -0.3 is 15.5 Å². The Bertz CT molecular complexity index is 702. The van der Waals surface area contributed by atoms with E-state index in [1.165, 1.54) is 11.0 Å². The first kappa shape index (κ1) is 21.1. The Kier molecular flexibility index (Phi) is 6.38. The number of anilines is 1. The summed E-state index contributed by atoms with van der Waals surface area (Å²) < 4.78 is 39.3. The molecule has 1 aromatic rings. The summed E-state index contributed by atoms with van der Waals surface area (Å²) in [4.78, 5) is 26.6. The molecule has 1 heterocycles. The summed E-state index contributed by atoms with van der Waals surface area (Å²) in [5.74, 6) is -0.443. The van der Waals surface area contributed by atoms with Crippen LogP contribution in [-0.2, 0) is 11.0 Å². The van der Waals surface area contributed by atoms with E-state index in [1.54, 1.807) is 0 Å². The summed E-state index contributed by atoms with van der Waals surface area (Å²) in [5.41, 5.74) is -0.0927. The number of hydrogen-bond acceptors (Lipinski definition) is 2. The normalized spacial score (nSPS) is 18.5. The lowest BCUT2D eigenvalue weighted by Gasteiger charge is -2.31. The Morgan fingerprint density at radius 1 is 1.26 bits per heavy atom. The number of benzene rings is 1. The van der Waals surface area contributed by atoms with Crippen molar-refractivity contribution in [3.05, 3.63) is 29.3 Å². The van der Waals surface area contributed by atoms with E-state index >= 15 is 0 Å². The molecule has 0 radical (unpaired) electrons. The average Bonchev–Trinajstić information content (AvgIpc) is 2.75. The van der Waals surface area contributed by atoms with E-state index < -0.39 is 23.8 Å². The first-order valence-electron chi connectivity index (χ1n) is 9.08. The van der Waals surface area contributed by atoms with Crippen LogP contribution in [0.5, 0.6) is 0 Å². The fourth-order valence-corrected chi connectivity index (χ4v) is 3.27. The third kappa shape index (κ3) is 4.93. The lowest BCUT2D eigenvalue weighted by atomic mass is 9.98. The van der Waals surface area contributed by atoms with Crippen LogP contribution in [-0.4, -0.2) is 36.0 Å². The number of urea groups is 1. The molecule has 0 aromatic heterocycles. The topological polar surface area (TPSA) is 61.4 Å². The second kappa shape index (κ2) is 8.19. The predicted molar refractivity (Wildman–Crippen MR) is 97.5 cm³/mol. The zero-order valence-electron chi connectivity index (χ0n) is 16.0. The number of nitrogens with one attached hydrogen (secondary N) is 2. The van der Waals surface area contributed by atoms with Crippen LogP contribution in [0.3, 0.4) is 0 Å². The Morgan fingerprint density at radius 3 is 2.48 bits per heavy atom. The van der Waals surface area contributed by atoms with E-state index in [2.05, 4.69) is 10.6 Å². The van der Waals surface area contributed by atoms with E-state index in [-0.39, 0.29) is 23.4 Å². The minimum absolute atomic E-state index is 0.0732. The Morgan fingerprint density at radius 2 is 1.93 bits per heavy atom. The van der Waals surface area contributed by atoms with Crippen molar-refractivity contribution in [1.82, 2.24) is 10.2 Å². The molecule has 0 aliphatic carbocycles. The molecule has 3 amide bonds. The summed E-state index contributed by atoms with van der Waals surface area (Å²) in [7, 11) is 0. The van der Waals surface area contributed by atoms with E-state index in [9.17, 15) is 22.8 Å². The van der Waals surface area contributed by atoms with Gasteiger partial charge in [-0.15, -0.1) is 0 Å². The molecular weight excluding hydrogens is 359 g/mol. The summed E-state index contributed by atoms with van der Waals surface area (Å²) in [5, 5.41) is 5.39. The number of amides is 3. The molecule has 1 fully saturated rings. The molecule has 0 bridgehead atoms. The Labute approximate surface area is 157 Å². The highest BCUT2D eigenvalue weighted by Gasteiger charge is 2.35. The van der Waals surface area contributed by atoms with Gasteiger partial charge in [-0.2, -0.15) is 13.2 Å². The van der Waals surface area contributed by atoms with E-state index in [4.69, 9.17) is 0 Å². The first-order valence-corrected chi connectivity index (χ1v) is 9.08. The molecule has 1 aromatic carbocycles. The lowest BCUT2D eigenvalue weighted by molar-refractivity contribution is -0.137. The van der Waals surface area contributed by atoms with Crippen molar-refractivity contribution >= 4 is 17.6 Å². The molecule has 1 aliphatic heterocycles. The number of hydrogen-bond donors (Lipinski definition) is 2. The standard InChI is InChI=1S/C19H26F3N3O2/c1-11(2)14-7-6-13(19(20,21)22)10-15(14)24-18(27)25-9-5-8-23-17(26)16(25)12(3)4/h6-7,10-12,16H,5,8-9H2,1-4H3,(H,23,26)(H,24,27). The maximum Gasteiger partial charge on any atom is 0.416 e. The predicted octanol–water partition coefficient (Wildman–Crippen LogP) is 4.21. The van der Waals surface area contributed by atoms with Gasteiger partial charge >= 0.3 is 12.2 Å². The zero-order valence-corrected chi connectivity index (χ0v) is 16.0. The van der Waals surface area contributed by atoms with E-state index in [1.807, 2.05) is 27.7 Å². The number of alkyl halides is 3. The van der Waals surface area contributed by atoms with Gasteiger partial charge in [0, 0.05) is 18.8 Å². The molecule has 1 saturated heterocycles. The van der Waals surface area contributed by atoms with Gasteiger partial charge in [0.1, 0.15) is 6.04 Å². The monoisotopic (exact) mass is 385 g/mol. The van der Waals surface area contributed by atoms with Gasteiger partial charge in [-0.25, -0.2) is 4.79 Å². The van der Waals surface area contributed by atoms with Crippen molar-refractivity contribution in [1.29, 1.82) is 0 Å². The van der Waals surface area contributed by atoms with E-state index in [0.29, 0.717) is 25.1 Å². The fourth-order valence-electron chi connectivity index (χ4n) is 3.27. The molecule has 27 heavy (non-hydrogen) atoms. The summed E-state index contributed by atoms with van der Waals surface area (Å²) >= 11 is 0. The van der Waals surface area contributed by atoms with Gasteiger partial charge in [0.25, 0.3) is 0 Å². The lowest BCUT2D eigenvalue weighted by Crippen LogP contribution is -2.51. The quantitative estimate of drug-likeness (QED) is 0.819. The molecule has 1 atom stereocenters. The summed E-state index contributed by atoms with van der Waals surface area (Å²) in [6, 6.07) is 2.13. The second-order valence-electron chi connectivity index (χ2n) is 7.41. The molecule has 2 N–H and O–H groups in total. The maximum atomic E-state index is 13.1. The van der Waals surface area contributed by atoms with Gasteiger partial charge in [-0.1, -0.05) is 33.8 Å². The van der Waals surface area contributed by atoms with Crippen LogP contribution in [0.2, 0.25) is 0 Å². The van der Waals surface area contributed by atoms with Crippen LogP contribution in [0.4, 0.5) is 23.7 Å². The molecule has 2 rings (SSSR count). The van der Waals surface area contributed by atoms with Crippen molar-refractivity contribution in [2.75, 3.05) is 18.4 Å². The van der Waals surface area contributed by atoms with Gasteiger partial charge in [0.05, 0.1) is 5.56 Å². The van der Waals surface area contributed by atoms with Crippen molar-refractivity contribution < 1.29 is 22.8 Å². The number of rotatable bonds is 3. The van der Waals surface area contributed by atoms with Crippen LogP contribution >= 0.6 is 0 Å². The second-order valence-corrected chi connectivity index (χ2v) is 7.41. The van der Waals surface area contributed by atoms with Crippen molar-refractivity contribution in [2.24, 2.45) is 5.92 Å². The number of carbonyl (C=O) groups excluding carboxylic acids is 2. The molecule has 8 heteroatoms. The Hall–Kier alpha value is -2.25. The third-order valence-electron chi connectivity index (χ3n) is 4.62. The molecule has 1 aliphatic rings. The van der Waals surface area contributed by atoms with Gasteiger partial charge in [0.15, 0.2) is 0 Å². The maximum absolute atomic E-state index is 13.1. The first-order chi connectivity index (χ1) is 12.5.